The minimum absolute atomic E-state index is 0.377. The fraction of sp³-hybridized carbons (Fsp3) is 0.643. The first-order valence-corrected chi connectivity index (χ1v) is 8.91. The van der Waals surface area contributed by atoms with Crippen LogP contribution < -0.4 is 5.32 Å². The van der Waals surface area contributed by atoms with Crippen LogP contribution in [0.1, 0.15) is 26.0 Å². The molecule has 4 N–H and O–H groups in total. The summed E-state index contributed by atoms with van der Waals surface area (Å²) in [6, 6.07) is 0. The van der Waals surface area contributed by atoms with Crippen LogP contribution in [0, 0.1) is 3.83 Å². The molecule has 2 aromatic rings. The van der Waals surface area contributed by atoms with Gasteiger partial charge in [0.25, 0.3) is 0 Å². The van der Waals surface area contributed by atoms with E-state index >= 15 is 0 Å². The molecular formula is C14H20IN5O4. The number of aromatic nitrogens is 4. The van der Waals surface area contributed by atoms with Gasteiger partial charge in [-0.25, -0.2) is 15.0 Å². The van der Waals surface area contributed by atoms with Gasteiger partial charge >= 0.3 is 0 Å². The molecule has 24 heavy (non-hydrogen) atoms. The summed E-state index contributed by atoms with van der Waals surface area (Å²) in [4.78, 5) is 13.1. The lowest BCUT2D eigenvalue weighted by Gasteiger charge is -2.16. The van der Waals surface area contributed by atoms with Crippen LogP contribution in [0.25, 0.3) is 11.2 Å². The summed E-state index contributed by atoms with van der Waals surface area (Å²) in [5, 5.41) is 32.6. The van der Waals surface area contributed by atoms with E-state index in [0.29, 0.717) is 20.8 Å². The monoisotopic (exact) mass is 449 g/mol. The zero-order chi connectivity index (χ0) is 17.3. The lowest BCUT2D eigenvalue weighted by atomic mass is 10.1. The molecule has 0 unspecified atom stereocenters. The minimum Gasteiger partial charge on any atom is -0.394 e. The Morgan fingerprint density at radius 2 is 2.12 bits per heavy atom. The number of anilines is 1. The van der Waals surface area contributed by atoms with Gasteiger partial charge in [0.05, 0.1) is 12.9 Å². The Morgan fingerprint density at radius 3 is 2.79 bits per heavy atom. The van der Waals surface area contributed by atoms with E-state index in [1.54, 1.807) is 4.57 Å². The standard InChI is InChI=1S/C14H20IN5O4/c1-2-3-4-16-11-8-12(19-14(15)18-11)20(6-17-8)13-10(23)9(22)7(5-21)24-13/h6-7,9-10,13,21-23H,2-5H2,1H3,(H,16,18,19)/t7-,9-,10-,13-/m1/s1. The van der Waals surface area contributed by atoms with E-state index in [9.17, 15) is 15.3 Å². The molecule has 0 bridgehead atoms. The van der Waals surface area contributed by atoms with Crippen LogP contribution in [0.2, 0.25) is 0 Å². The smallest absolute Gasteiger partial charge is 0.194 e. The first kappa shape index (κ1) is 17.7. The van der Waals surface area contributed by atoms with E-state index in [1.165, 1.54) is 6.33 Å². The third kappa shape index (κ3) is 3.20. The maximum absolute atomic E-state index is 10.2. The Balaban J connectivity index is 1.95. The van der Waals surface area contributed by atoms with Gasteiger partial charge in [-0.1, -0.05) is 13.3 Å². The number of ether oxygens (including phenoxy) is 1. The van der Waals surface area contributed by atoms with E-state index in [1.807, 2.05) is 22.6 Å². The third-order valence-corrected chi connectivity index (χ3v) is 4.49. The van der Waals surface area contributed by atoms with Crippen LogP contribution >= 0.6 is 22.6 Å². The second-order valence-corrected chi connectivity index (χ2v) is 6.64. The number of nitrogens with one attached hydrogen (secondary N) is 1. The largest absolute Gasteiger partial charge is 0.394 e. The van der Waals surface area contributed by atoms with Gasteiger partial charge in [-0.15, -0.1) is 0 Å². The predicted octanol–water partition coefficient (Wildman–Crippen LogP) is 0.254. The number of nitrogens with zero attached hydrogens (tertiary/aromatic N) is 4. The zero-order valence-corrected chi connectivity index (χ0v) is 15.3. The Bertz CT molecular complexity index is 712. The number of hydrogen-bond donors (Lipinski definition) is 4. The van der Waals surface area contributed by atoms with Crippen LogP contribution in [0.15, 0.2) is 6.33 Å². The van der Waals surface area contributed by atoms with E-state index in [2.05, 4.69) is 27.2 Å². The molecule has 0 spiro atoms. The number of hydrogen-bond acceptors (Lipinski definition) is 8. The summed E-state index contributed by atoms with van der Waals surface area (Å²) in [7, 11) is 0. The quantitative estimate of drug-likeness (QED) is 0.281. The minimum atomic E-state index is -1.18. The number of aliphatic hydroxyl groups is 3. The van der Waals surface area contributed by atoms with Crippen LogP contribution in [-0.4, -0.2) is 66.3 Å². The molecule has 9 nitrogen and oxygen atoms in total. The van der Waals surface area contributed by atoms with Crippen LogP contribution in [0.4, 0.5) is 5.82 Å². The Kier molecular flexibility index (Phi) is 5.49. The average Bonchev–Trinajstić information content (AvgIpc) is 3.10. The van der Waals surface area contributed by atoms with Crippen molar-refractivity contribution in [3.05, 3.63) is 10.2 Å². The lowest BCUT2D eigenvalue weighted by Crippen LogP contribution is -2.33. The van der Waals surface area contributed by atoms with Crippen LogP contribution in [-0.2, 0) is 4.74 Å². The third-order valence-electron chi connectivity index (χ3n) is 4.01. The summed E-state index contributed by atoms with van der Waals surface area (Å²) in [5.74, 6) is 0.628. The van der Waals surface area contributed by atoms with Crippen molar-refractivity contribution in [2.75, 3.05) is 18.5 Å². The fourth-order valence-corrected chi connectivity index (χ4v) is 3.16. The number of aliphatic hydroxyl groups excluding tert-OH is 3. The topological polar surface area (TPSA) is 126 Å². The van der Waals surface area contributed by atoms with Crippen molar-refractivity contribution in [3.63, 3.8) is 0 Å². The van der Waals surface area contributed by atoms with E-state index in [-0.39, 0.29) is 6.61 Å². The molecule has 2 aromatic heterocycles. The van der Waals surface area contributed by atoms with Gasteiger partial charge in [-0.05, 0) is 6.42 Å². The van der Waals surface area contributed by atoms with E-state index in [0.717, 1.165) is 19.4 Å². The van der Waals surface area contributed by atoms with Gasteiger partial charge in [-0.2, -0.15) is 0 Å². The molecule has 0 aromatic carbocycles. The molecule has 3 heterocycles. The second kappa shape index (κ2) is 7.44. The highest BCUT2D eigenvalue weighted by atomic mass is 127. The molecular weight excluding hydrogens is 429 g/mol. The van der Waals surface area contributed by atoms with Crippen molar-refractivity contribution in [1.82, 2.24) is 19.5 Å². The van der Waals surface area contributed by atoms with Crippen LogP contribution in [0.3, 0.4) is 0 Å². The number of rotatable bonds is 6. The molecule has 1 saturated heterocycles. The Hall–Kier alpha value is -1.08. The molecule has 132 valence electrons. The molecule has 1 aliphatic heterocycles. The fourth-order valence-electron chi connectivity index (χ4n) is 2.69. The van der Waals surface area contributed by atoms with Crippen molar-refractivity contribution in [3.8, 4) is 0 Å². The molecule has 1 fully saturated rings. The number of halogens is 1. The molecule has 0 aliphatic carbocycles. The van der Waals surface area contributed by atoms with Gasteiger partial charge in [0.15, 0.2) is 27.0 Å². The van der Waals surface area contributed by atoms with Crippen molar-refractivity contribution < 1.29 is 20.1 Å². The maximum atomic E-state index is 10.2. The zero-order valence-electron chi connectivity index (χ0n) is 13.1. The van der Waals surface area contributed by atoms with Crippen molar-refractivity contribution in [2.45, 2.75) is 44.3 Å². The molecule has 0 amide bonds. The molecule has 3 rings (SSSR count). The molecule has 0 saturated carbocycles. The summed E-state index contributed by atoms with van der Waals surface area (Å²) < 4.78 is 7.65. The highest BCUT2D eigenvalue weighted by Gasteiger charge is 2.44. The summed E-state index contributed by atoms with van der Waals surface area (Å²) in [6.45, 7) is 2.51. The highest BCUT2D eigenvalue weighted by Crippen LogP contribution is 2.32. The summed E-state index contributed by atoms with van der Waals surface area (Å²) in [5.41, 5.74) is 1.08. The van der Waals surface area contributed by atoms with Gasteiger partial charge in [-0.3, -0.25) is 4.57 Å². The highest BCUT2D eigenvalue weighted by molar-refractivity contribution is 14.1. The predicted molar refractivity (Wildman–Crippen MR) is 94.4 cm³/mol. The number of fused-ring (bicyclic) bond motifs is 1. The van der Waals surface area contributed by atoms with E-state index in [4.69, 9.17) is 4.74 Å². The lowest BCUT2D eigenvalue weighted by molar-refractivity contribution is -0.0511. The molecule has 1 aliphatic rings. The maximum Gasteiger partial charge on any atom is 0.194 e. The van der Waals surface area contributed by atoms with Gasteiger partial charge < -0.3 is 25.4 Å². The molecule has 10 heteroatoms. The summed E-state index contributed by atoms with van der Waals surface area (Å²) >= 11 is 2.02. The van der Waals surface area contributed by atoms with Crippen LogP contribution in [0.5, 0.6) is 0 Å². The summed E-state index contributed by atoms with van der Waals surface area (Å²) in [6.07, 6.45) is -0.473. The van der Waals surface area contributed by atoms with Gasteiger partial charge in [0.1, 0.15) is 18.3 Å². The van der Waals surface area contributed by atoms with Crippen molar-refractivity contribution in [2.24, 2.45) is 0 Å². The average molecular weight is 449 g/mol. The Labute approximate surface area is 152 Å². The number of unbranched alkanes of at least 4 members (excludes halogenated alkanes) is 1. The molecule has 0 radical (unpaired) electrons. The van der Waals surface area contributed by atoms with E-state index < -0.39 is 24.5 Å². The SMILES string of the molecule is CCCCNc1nc(I)nc2c1ncn2[C@@H]1O[C@H](CO)[C@@H](O)[C@H]1O. The van der Waals surface area contributed by atoms with Crippen molar-refractivity contribution >= 4 is 39.6 Å². The molecule has 4 atom stereocenters. The van der Waals surface area contributed by atoms with Gasteiger partial charge in [0.2, 0.25) is 0 Å². The second-order valence-electron chi connectivity index (χ2n) is 5.67. The van der Waals surface area contributed by atoms with Gasteiger partial charge in [0, 0.05) is 29.1 Å². The first-order valence-electron chi connectivity index (χ1n) is 7.83. The normalized spacial score (nSPS) is 27.0. The van der Waals surface area contributed by atoms with Crippen molar-refractivity contribution in [1.29, 1.82) is 0 Å². The Morgan fingerprint density at radius 1 is 1.33 bits per heavy atom. The first-order chi connectivity index (χ1) is 11.6. The number of imidazole rings is 1.